The van der Waals surface area contributed by atoms with Crippen molar-refractivity contribution in [2.24, 2.45) is 0 Å². The molecule has 2 rings (SSSR count). The van der Waals surface area contributed by atoms with Gasteiger partial charge in [0.1, 0.15) is 6.10 Å². The van der Waals surface area contributed by atoms with Crippen LogP contribution in [0.25, 0.3) is 0 Å². The Morgan fingerprint density at radius 1 is 1.46 bits per heavy atom. The van der Waals surface area contributed by atoms with Gasteiger partial charge in [-0.05, 0) is 13.8 Å². The number of hydrogen-bond acceptors (Lipinski definition) is 5. The first-order valence-corrected chi connectivity index (χ1v) is 4.20. The molecule has 0 radical (unpaired) electrons. The Bertz CT molecular complexity index is 237. The zero-order valence-corrected chi connectivity index (χ0v) is 7.52. The topological polar surface area (TPSA) is 65.0 Å². The third-order valence-electron chi connectivity index (χ3n) is 2.18. The van der Waals surface area contributed by atoms with E-state index in [1.54, 1.807) is 13.8 Å². The molecule has 0 aromatic rings. The van der Waals surface area contributed by atoms with Gasteiger partial charge in [-0.3, -0.25) is 0 Å². The normalized spacial score (nSPS) is 41.8. The zero-order chi connectivity index (χ0) is 9.64. The lowest BCUT2D eigenvalue weighted by molar-refractivity contribution is -0.188. The van der Waals surface area contributed by atoms with Crippen molar-refractivity contribution >= 4 is 5.97 Å². The van der Waals surface area contributed by atoms with E-state index in [1.165, 1.54) is 0 Å². The number of rotatable bonds is 1. The van der Waals surface area contributed by atoms with Crippen molar-refractivity contribution in [1.82, 2.24) is 0 Å². The predicted octanol–water partition coefficient (Wildman–Crippen LogP) is -0.576. The molecule has 5 heteroatoms. The highest BCUT2D eigenvalue weighted by Crippen LogP contribution is 2.35. The lowest BCUT2D eigenvalue weighted by atomic mass is 10.1. The molecule has 2 aliphatic heterocycles. The molecule has 0 aliphatic carbocycles. The SMILES string of the molecule is CC1(C)OC2C(=O)O[C@H](CO)[C@@H]2O1. The van der Waals surface area contributed by atoms with E-state index in [1.807, 2.05) is 0 Å². The van der Waals surface area contributed by atoms with Crippen molar-refractivity contribution in [2.45, 2.75) is 37.9 Å². The van der Waals surface area contributed by atoms with E-state index in [2.05, 4.69) is 0 Å². The van der Waals surface area contributed by atoms with Gasteiger partial charge in [-0.15, -0.1) is 0 Å². The molecule has 2 fully saturated rings. The maximum absolute atomic E-state index is 11.2. The maximum atomic E-state index is 11.2. The van der Waals surface area contributed by atoms with E-state index in [4.69, 9.17) is 19.3 Å². The summed E-state index contributed by atoms with van der Waals surface area (Å²) >= 11 is 0. The number of aliphatic hydroxyl groups excluding tert-OH is 1. The summed E-state index contributed by atoms with van der Waals surface area (Å²) in [6, 6.07) is 0. The number of ether oxygens (including phenoxy) is 3. The molecule has 0 amide bonds. The molecule has 13 heavy (non-hydrogen) atoms. The largest absolute Gasteiger partial charge is 0.455 e. The monoisotopic (exact) mass is 188 g/mol. The van der Waals surface area contributed by atoms with Gasteiger partial charge in [0.05, 0.1) is 6.61 Å². The number of hydrogen-bond donors (Lipinski definition) is 1. The van der Waals surface area contributed by atoms with Crippen LogP contribution in [0.15, 0.2) is 0 Å². The molecule has 3 atom stereocenters. The first kappa shape index (κ1) is 8.93. The van der Waals surface area contributed by atoms with Gasteiger partial charge in [0.2, 0.25) is 0 Å². The lowest BCUT2D eigenvalue weighted by Crippen LogP contribution is -2.31. The molecule has 1 unspecified atom stereocenters. The highest BCUT2D eigenvalue weighted by atomic mass is 16.8. The van der Waals surface area contributed by atoms with E-state index >= 15 is 0 Å². The Balaban J connectivity index is 2.17. The molecule has 0 spiro atoms. The number of aliphatic hydroxyl groups is 1. The average molecular weight is 188 g/mol. The quantitative estimate of drug-likeness (QED) is 0.558. The minimum atomic E-state index is -0.762. The van der Waals surface area contributed by atoms with Crippen molar-refractivity contribution in [3.63, 3.8) is 0 Å². The summed E-state index contributed by atoms with van der Waals surface area (Å²) in [5.74, 6) is -1.21. The van der Waals surface area contributed by atoms with Gasteiger partial charge >= 0.3 is 5.97 Å². The Morgan fingerprint density at radius 2 is 2.15 bits per heavy atom. The van der Waals surface area contributed by atoms with Gasteiger partial charge in [0.15, 0.2) is 18.0 Å². The van der Waals surface area contributed by atoms with Gasteiger partial charge < -0.3 is 19.3 Å². The summed E-state index contributed by atoms with van der Waals surface area (Å²) in [4.78, 5) is 11.2. The van der Waals surface area contributed by atoms with E-state index in [0.717, 1.165) is 0 Å². The third-order valence-corrected chi connectivity index (χ3v) is 2.18. The van der Waals surface area contributed by atoms with Crippen molar-refractivity contribution in [2.75, 3.05) is 6.61 Å². The molecule has 2 heterocycles. The molecule has 74 valence electrons. The Morgan fingerprint density at radius 3 is 2.77 bits per heavy atom. The van der Waals surface area contributed by atoms with Crippen LogP contribution in [-0.2, 0) is 19.0 Å². The van der Waals surface area contributed by atoms with Crippen molar-refractivity contribution in [1.29, 1.82) is 0 Å². The first-order valence-electron chi connectivity index (χ1n) is 4.20. The minimum absolute atomic E-state index is 0.230. The van der Waals surface area contributed by atoms with Crippen LogP contribution >= 0.6 is 0 Å². The highest BCUT2D eigenvalue weighted by molar-refractivity contribution is 5.78. The van der Waals surface area contributed by atoms with Crippen LogP contribution in [0.1, 0.15) is 13.8 Å². The second kappa shape index (κ2) is 2.67. The van der Waals surface area contributed by atoms with E-state index in [-0.39, 0.29) is 6.61 Å². The number of carbonyl (C=O) groups excluding carboxylic acids is 1. The number of fused-ring (bicyclic) bond motifs is 1. The van der Waals surface area contributed by atoms with Crippen LogP contribution in [-0.4, -0.2) is 41.8 Å². The van der Waals surface area contributed by atoms with Gasteiger partial charge in [-0.1, -0.05) is 0 Å². The smallest absolute Gasteiger partial charge is 0.338 e. The van der Waals surface area contributed by atoms with Gasteiger partial charge in [0.25, 0.3) is 0 Å². The zero-order valence-electron chi connectivity index (χ0n) is 7.52. The van der Waals surface area contributed by atoms with Crippen LogP contribution in [0.4, 0.5) is 0 Å². The molecule has 2 saturated heterocycles. The van der Waals surface area contributed by atoms with E-state index in [0.29, 0.717) is 0 Å². The average Bonchev–Trinajstić information content (AvgIpc) is 2.47. The molecule has 5 nitrogen and oxygen atoms in total. The summed E-state index contributed by atoms with van der Waals surface area (Å²) in [5, 5.41) is 8.89. The van der Waals surface area contributed by atoms with Crippen molar-refractivity contribution < 1.29 is 24.1 Å². The first-order chi connectivity index (χ1) is 6.03. The fourth-order valence-corrected chi connectivity index (χ4v) is 1.67. The second-order valence-electron chi connectivity index (χ2n) is 3.68. The van der Waals surface area contributed by atoms with Crippen molar-refractivity contribution in [3.05, 3.63) is 0 Å². The summed E-state index contributed by atoms with van der Waals surface area (Å²) in [6.07, 6.45) is -1.72. The van der Waals surface area contributed by atoms with Crippen molar-refractivity contribution in [3.8, 4) is 0 Å². The minimum Gasteiger partial charge on any atom is -0.455 e. The Hall–Kier alpha value is -0.650. The summed E-state index contributed by atoms with van der Waals surface area (Å²) in [7, 11) is 0. The fourth-order valence-electron chi connectivity index (χ4n) is 1.67. The maximum Gasteiger partial charge on any atom is 0.338 e. The molecule has 0 saturated carbocycles. The Labute approximate surface area is 75.6 Å². The molecule has 0 aromatic carbocycles. The predicted molar refractivity (Wildman–Crippen MR) is 40.8 cm³/mol. The van der Waals surface area contributed by atoms with Crippen LogP contribution in [0.3, 0.4) is 0 Å². The summed E-state index contributed by atoms with van der Waals surface area (Å²) in [5.41, 5.74) is 0. The van der Waals surface area contributed by atoms with E-state index in [9.17, 15) is 4.79 Å². The fraction of sp³-hybridized carbons (Fsp3) is 0.875. The molecule has 1 N–H and O–H groups in total. The molecular weight excluding hydrogens is 176 g/mol. The van der Waals surface area contributed by atoms with E-state index < -0.39 is 30.1 Å². The molecule has 0 bridgehead atoms. The molecule has 0 aromatic heterocycles. The van der Waals surface area contributed by atoms with Gasteiger partial charge in [-0.2, -0.15) is 0 Å². The summed E-state index contributed by atoms with van der Waals surface area (Å²) < 4.78 is 15.6. The van der Waals surface area contributed by atoms with Gasteiger partial charge in [-0.25, -0.2) is 4.79 Å². The van der Waals surface area contributed by atoms with Crippen LogP contribution in [0.5, 0.6) is 0 Å². The third kappa shape index (κ3) is 1.33. The van der Waals surface area contributed by atoms with Gasteiger partial charge in [0, 0.05) is 0 Å². The van der Waals surface area contributed by atoms with Crippen LogP contribution in [0.2, 0.25) is 0 Å². The van der Waals surface area contributed by atoms with Crippen LogP contribution in [0, 0.1) is 0 Å². The number of carbonyl (C=O) groups is 1. The summed E-state index contributed by atoms with van der Waals surface area (Å²) in [6.45, 7) is 3.23. The Kier molecular flexibility index (Phi) is 1.83. The molecular formula is C8H12O5. The van der Waals surface area contributed by atoms with Crippen LogP contribution < -0.4 is 0 Å². The number of esters is 1. The second-order valence-corrected chi connectivity index (χ2v) is 3.68. The number of cyclic esters (lactones) is 1. The standard InChI is InChI=1S/C8H12O5/c1-8(2)12-5-4(3-9)11-7(10)6(5)13-8/h4-6,9H,3H2,1-2H3/t4-,5+,6?/m1/s1. The lowest BCUT2D eigenvalue weighted by Gasteiger charge is -2.20. The highest BCUT2D eigenvalue weighted by Gasteiger charge is 2.55. The molecule has 2 aliphatic rings.